The normalized spacial score (nSPS) is 16.8. The Balaban J connectivity index is 1.39. The van der Waals surface area contributed by atoms with Crippen LogP contribution in [0.15, 0.2) is 42.5 Å². The standard InChI is InChI=1S/C22H25N3O2/c1-15-9-10-18(12-16(15)2)27-14-22(26)25-11-5-6-17(25)13-21-23-19-7-3-4-8-20(19)24-21/h3-4,7-10,12,17H,5-6,11,13-14H2,1-2H3,(H,23,24). The van der Waals surface area contributed by atoms with Crippen molar-refractivity contribution in [2.24, 2.45) is 0 Å². The minimum atomic E-state index is 0.0480. The van der Waals surface area contributed by atoms with E-state index < -0.39 is 0 Å². The van der Waals surface area contributed by atoms with Crippen LogP contribution >= 0.6 is 0 Å². The molecular weight excluding hydrogens is 338 g/mol. The summed E-state index contributed by atoms with van der Waals surface area (Å²) in [5.74, 6) is 1.74. The number of imidazole rings is 1. The number of hydrogen-bond donors (Lipinski definition) is 1. The van der Waals surface area contributed by atoms with E-state index in [1.165, 1.54) is 11.1 Å². The van der Waals surface area contributed by atoms with Gasteiger partial charge in [-0.05, 0) is 62.1 Å². The van der Waals surface area contributed by atoms with Crippen molar-refractivity contribution in [3.8, 4) is 5.75 Å². The number of aromatic amines is 1. The smallest absolute Gasteiger partial charge is 0.260 e. The Morgan fingerprint density at radius 3 is 2.89 bits per heavy atom. The molecule has 0 radical (unpaired) electrons. The zero-order valence-electron chi connectivity index (χ0n) is 15.9. The molecule has 5 heteroatoms. The minimum Gasteiger partial charge on any atom is -0.484 e. The molecule has 0 saturated carbocycles. The highest BCUT2D eigenvalue weighted by Gasteiger charge is 2.29. The fourth-order valence-corrected chi connectivity index (χ4v) is 3.73. The van der Waals surface area contributed by atoms with Crippen LogP contribution in [0.1, 0.15) is 29.8 Å². The van der Waals surface area contributed by atoms with Crippen LogP contribution in [0.2, 0.25) is 0 Å². The number of hydrogen-bond acceptors (Lipinski definition) is 3. The fourth-order valence-electron chi connectivity index (χ4n) is 3.73. The van der Waals surface area contributed by atoms with E-state index in [2.05, 4.69) is 16.9 Å². The number of benzene rings is 2. The summed E-state index contributed by atoms with van der Waals surface area (Å²) in [6.07, 6.45) is 2.79. The lowest BCUT2D eigenvalue weighted by atomic mass is 10.1. The highest BCUT2D eigenvalue weighted by Crippen LogP contribution is 2.22. The van der Waals surface area contributed by atoms with Crippen molar-refractivity contribution >= 4 is 16.9 Å². The molecule has 0 bridgehead atoms. The average Bonchev–Trinajstić information content (AvgIpc) is 3.29. The van der Waals surface area contributed by atoms with Crippen molar-refractivity contribution in [2.45, 2.75) is 39.2 Å². The van der Waals surface area contributed by atoms with E-state index in [0.717, 1.165) is 48.4 Å². The van der Waals surface area contributed by atoms with E-state index in [0.29, 0.717) is 0 Å². The van der Waals surface area contributed by atoms with Crippen molar-refractivity contribution in [1.29, 1.82) is 0 Å². The SMILES string of the molecule is Cc1ccc(OCC(=O)N2CCCC2Cc2nc3ccccc3[nH]2)cc1C. The van der Waals surface area contributed by atoms with Gasteiger partial charge in [-0.3, -0.25) is 4.79 Å². The lowest BCUT2D eigenvalue weighted by Gasteiger charge is -2.24. The molecule has 1 aliphatic rings. The van der Waals surface area contributed by atoms with Crippen LogP contribution in [-0.4, -0.2) is 40.0 Å². The van der Waals surface area contributed by atoms with E-state index >= 15 is 0 Å². The average molecular weight is 363 g/mol. The summed E-state index contributed by atoms with van der Waals surface area (Å²) in [7, 11) is 0. The highest BCUT2D eigenvalue weighted by molar-refractivity contribution is 5.78. The van der Waals surface area contributed by atoms with E-state index in [4.69, 9.17) is 4.74 Å². The third-order valence-corrected chi connectivity index (χ3v) is 5.41. The molecule has 4 rings (SSSR count). The molecule has 1 saturated heterocycles. The topological polar surface area (TPSA) is 58.2 Å². The summed E-state index contributed by atoms with van der Waals surface area (Å²) < 4.78 is 5.75. The molecule has 1 unspecified atom stereocenters. The van der Waals surface area contributed by atoms with Gasteiger partial charge in [0.1, 0.15) is 11.6 Å². The summed E-state index contributed by atoms with van der Waals surface area (Å²) >= 11 is 0. The highest BCUT2D eigenvalue weighted by atomic mass is 16.5. The second kappa shape index (κ2) is 7.43. The Morgan fingerprint density at radius 2 is 2.07 bits per heavy atom. The summed E-state index contributed by atoms with van der Waals surface area (Å²) in [6.45, 7) is 4.99. The van der Waals surface area contributed by atoms with Gasteiger partial charge in [0.15, 0.2) is 6.61 Å². The number of aromatic nitrogens is 2. The summed E-state index contributed by atoms with van der Waals surface area (Å²) in [5.41, 5.74) is 4.41. The second-order valence-electron chi connectivity index (χ2n) is 7.32. The number of fused-ring (bicyclic) bond motifs is 1. The molecule has 3 aromatic rings. The number of H-pyrrole nitrogens is 1. The number of para-hydroxylation sites is 2. The fraction of sp³-hybridized carbons (Fsp3) is 0.364. The lowest BCUT2D eigenvalue weighted by molar-refractivity contribution is -0.134. The van der Waals surface area contributed by atoms with E-state index in [1.54, 1.807) is 0 Å². The van der Waals surface area contributed by atoms with Crippen LogP contribution in [0, 0.1) is 13.8 Å². The van der Waals surface area contributed by atoms with Gasteiger partial charge in [-0.15, -0.1) is 0 Å². The molecule has 1 atom stereocenters. The first-order chi connectivity index (χ1) is 13.1. The number of carbonyl (C=O) groups is 1. The van der Waals surface area contributed by atoms with Gasteiger partial charge in [0, 0.05) is 19.0 Å². The first kappa shape index (κ1) is 17.6. The number of rotatable bonds is 5. The van der Waals surface area contributed by atoms with Crippen LogP contribution in [-0.2, 0) is 11.2 Å². The number of ether oxygens (including phenoxy) is 1. The lowest BCUT2D eigenvalue weighted by Crippen LogP contribution is -2.39. The first-order valence-electron chi connectivity index (χ1n) is 9.53. The molecule has 1 aromatic heterocycles. The number of nitrogens with zero attached hydrogens (tertiary/aromatic N) is 2. The Hall–Kier alpha value is -2.82. The van der Waals surface area contributed by atoms with Crippen LogP contribution < -0.4 is 4.74 Å². The summed E-state index contributed by atoms with van der Waals surface area (Å²) in [5, 5.41) is 0. The Kier molecular flexibility index (Phi) is 4.84. The van der Waals surface area contributed by atoms with Crippen molar-refractivity contribution in [1.82, 2.24) is 14.9 Å². The molecule has 0 aliphatic carbocycles. The number of amides is 1. The van der Waals surface area contributed by atoms with Gasteiger partial charge in [-0.25, -0.2) is 4.98 Å². The molecule has 1 aliphatic heterocycles. The molecule has 27 heavy (non-hydrogen) atoms. The predicted octanol–water partition coefficient (Wildman–Crippen LogP) is 3.79. The summed E-state index contributed by atoms with van der Waals surface area (Å²) in [4.78, 5) is 22.7. The minimum absolute atomic E-state index is 0.0480. The molecule has 2 heterocycles. The number of aryl methyl sites for hydroxylation is 2. The van der Waals surface area contributed by atoms with Gasteiger partial charge >= 0.3 is 0 Å². The number of carbonyl (C=O) groups excluding carboxylic acids is 1. The molecule has 140 valence electrons. The zero-order valence-corrected chi connectivity index (χ0v) is 15.9. The zero-order chi connectivity index (χ0) is 18.8. The first-order valence-corrected chi connectivity index (χ1v) is 9.53. The molecule has 1 N–H and O–H groups in total. The molecule has 5 nitrogen and oxygen atoms in total. The molecule has 2 aromatic carbocycles. The third kappa shape index (κ3) is 3.82. The van der Waals surface area contributed by atoms with Crippen LogP contribution in [0.5, 0.6) is 5.75 Å². The number of nitrogens with one attached hydrogen (secondary N) is 1. The molecule has 0 spiro atoms. The van der Waals surface area contributed by atoms with Crippen LogP contribution in [0.4, 0.5) is 0 Å². The quantitative estimate of drug-likeness (QED) is 0.750. The molecular formula is C22H25N3O2. The maximum Gasteiger partial charge on any atom is 0.260 e. The number of likely N-dealkylation sites (tertiary alicyclic amines) is 1. The van der Waals surface area contributed by atoms with E-state index in [9.17, 15) is 4.79 Å². The van der Waals surface area contributed by atoms with Crippen molar-refractivity contribution < 1.29 is 9.53 Å². The van der Waals surface area contributed by atoms with Crippen molar-refractivity contribution in [2.75, 3.05) is 13.2 Å². The molecule has 1 fully saturated rings. The Labute approximate surface area is 159 Å². The summed E-state index contributed by atoms with van der Waals surface area (Å²) in [6, 6.07) is 14.1. The van der Waals surface area contributed by atoms with E-state index in [1.807, 2.05) is 54.3 Å². The Bertz CT molecular complexity index is 930. The Morgan fingerprint density at radius 1 is 1.22 bits per heavy atom. The van der Waals surface area contributed by atoms with E-state index in [-0.39, 0.29) is 18.6 Å². The maximum absolute atomic E-state index is 12.7. The van der Waals surface area contributed by atoms with Crippen LogP contribution in [0.3, 0.4) is 0 Å². The van der Waals surface area contributed by atoms with Gasteiger partial charge in [0.2, 0.25) is 0 Å². The monoisotopic (exact) mass is 363 g/mol. The third-order valence-electron chi connectivity index (χ3n) is 5.41. The van der Waals surface area contributed by atoms with Gasteiger partial charge in [0.05, 0.1) is 11.0 Å². The van der Waals surface area contributed by atoms with Gasteiger partial charge in [-0.1, -0.05) is 18.2 Å². The maximum atomic E-state index is 12.7. The van der Waals surface area contributed by atoms with Gasteiger partial charge in [0.25, 0.3) is 5.91 Å². The second-order valence-corrected chi connectivity index (χ2v) is 7.32. The predicted molar refractivity (Wildman–Crippen MR) is 106 cm³/mol. The van der Waals surface area contributed by atoms with Crippen molar-refractivity contribution in [3.63, 3.8) is 0 Å². The van der Waals surface area contributed by atoms with Crippen LogP contribution in [0.25, 0.3) is 11.0 Å². The van der Waals surface area contributed by atoms with Crippen molar-refractivity contribution in [3.05, 3.63) is 59.4 Å². The van der Waals surface area contributed by atoms with Gasteiger partial charge in [-0.2, -0.15) is 0 Å². The van der Waals surface area contributed by atoms with Gasteiger partial charge < -0.3 is 14.6 Å². The molecule has 1 amide bonds. The largest absolute Gasteiger partial charge is 0.484 e.